The molecule has 0 aliphatic rings. The van der Waals surface area contributed by atoms with E-state index >= 15 is 0 Å². The van der Waals surface area contributed by atoms with E-state index in [1.54, 1.807) is 29.1 Å². The molecule has 0 atom stereocenters. The number of carbonyl (C=O) groups excluding carboxylic acids is 1. The Labute approximate surface area is 159 Å². The number of halogens is 1. The van der Waals surface area contributed by atoms with Crippen molar-refractivity contribution in [2.24, 2.45) is 11.8 Å². The van der Waals surface area contributed by atoms with E-state index < -0.39 is 0 Å². The first-order valence-corrected chi connectivity index (χ1v) is 9.03. The Morgan fingerprint density at radius 1 is 1.27 bits per heavy atom. The van der Waals surface area contributed by atoms with Crippen LogP contribution < -0.4 is 14.8 Å². The molecule has 0 fully saturated rings. The molecule has 0 saturated heterocycles. The number of carbonyl (C=O) groups is 1. The van der Waals surface area contributed by atoms with E-state index in [1.807, 2.05) is 13.8 Å². The number of nitrogens with one attached hydrogen (secondary N) is 1. The van der Waals surface area contributed by atoms with Gasteiger partial charge in [0.15, 0.2) is 11.5 Å². The molecule has 1 N–H and O–H groups in total. The number of nitrogens with zero attached hydrogens (tertiary/aromatic N) is 2. The van der Waals surface area contributed by atoms with E-state index in [0.29, 0.717) is 52.9 Å². The van der Waals surface area contributed by atoms with Gasteiger partial charge >= 0.3 is 0 Å². The SMILES string of the molecule is COc1cc(C(=O)Nc2ccnn2CC(C)C)cc(Cl)c1OCC(C)C. The average molecular weight is 380 g/mol. The number of hydrogen-bond acceptors (Lipinski definition) is 4. The molecule has 142 valence electrons. The molecular formula is C19H26ClN3O3. The number of anilines is 1. The number of ether oxygens (including phenoxy) is 2. The van der Waals surface area contributed by atoms with Gasteiger partial charge in [-0.2, -0.15) is 5.10 Å². The predicted molar refractivity (Wildman–Crippen MR) is 103 cm³/mol. The molecule has 2 aromatic rings. The zero-order valence-corrected chi connectivity index (χ0v) is 16.6. The minimum absolute atomic E-state index is 0.286. The van der Waals surface area contributed by atoms with Crippen LogP contribution in [-0.4, -0.2) is 29.4 Å². The van der Waals surface area contributed by atoms with Crippen LogP contribution in [0.2, 0.25) is 5.02 Å². The van der Waals surface area contributed by atoms with E-state index in [4.69, 9.17) is 21.1 Å². The summed E-state index contributed by atoms with van der Waals surface area (Å²) in [5, 5.41) is 7.45. The number of hydrogen-bond donors (Lipinski definition) is 1. The molecule has 1 amide bonds. The summed E-state index contributed by atoms with van der Waals surface area (Å²) in [5.74, 6) is 1.99. The zero-order valence-electron chi connectivity index (χ0n) is 15.9. The molecule has 0 saturated carbocycles. The van der Waals surface area contributed by atoms with Gasteiger partial charge in [0.1, 0.15) is 5.82 Å². The third kappa shape index (κ3) is 5.14. The van der Waals surface area contributed by atoms with Crippen LogP contribution in [0.1, 0.15) is 38.1 Å². The first-order chi connectivity index (χ1) is 12.3. The lowest BCUT2D eigenvalue weighted by Gasteiger charge is -2.16. The van der Waals surface area contributed by atoms with Crippen molar-refractivity contribution in [3.63, 3.8) is 0 Å². The Kier molecular flexibility index (Phi) is 6.91. The Bertz CT molecular complexity index is 756. The second kappa shape index (κ2) is 8.94. The minimum atomic E-state index is -0.286. The number of benzene rings is 1. The Balaban J connectivity index is 2.21. The Morgan fingerprint density at radius 2 is 2.00 bits per heavy atom. The standard InChI is InChI=1S/C19H26ClN3O3/c1-12(2)10-23-17(6-7-21-23)22-19(24)14-8-15(20)18(16(9-14)25-5)26-11-13(3)4/h6-9,12-13H,10-11H2,1-5H3,(H,22,24). The van der Waals surface area contributed by atoms with E-state index in [-0.39, 0.29) is 5.91 Å². The van der Waals surface area contributed by atoms with Crippen LogP contribution in [-0.2, 0) is 6.54 Å². The monoisotopic (exact) mass is 379 g/mol. The van der Waals surface area contributed by atoms with Gasteiger partial charge in [0, 0.05) is 18.2 Å². The van der Waals surface area contributed by atoms with Crippen LogP contribution in [0.5, 0.6) is 11.5 Å². The maximum Gasteiger partial charge on any atom is 0.257 e. The van der Waals surface area contributed by atoms with Gasteiger partial charge in [-0.05, 0) is 24.0 Å². The summed E-state index contributed by atoms with van der Waals surface area (Å²) >= 11 is 6.32. The lowest BCUT2D eigenvalue weighted by atomic mass is 10.1. The minimum Gasteiger partial charge on any atom is -0.493 e. The second-order valence-electron chi connectivity index (χ2n) is 6.94. The summed E-state index contributed by atoms with van der Waals surface area (Å²) in [6.07, 6.45) is 1.66. The molecule has 0 unspecified atom stereocenters. The van der Waals surface area contributed by atoms with Crippen LogP contribution in [0.15, 0.2) is 24.4 Å². The van der Waals surface area contributed by atoms with Gasteiger partial charge in [-0.15, -0.1) is 0 Å². The van der Waals surface area contributed by atoms with Crippen molar-refractivity contribution in [2.75, 3.05) is 19.0 Å². The highest BCUT2D eigenvalue weighted by molar-refractivity contribution is 6.32. The fraction of sp³-hybridized carbons (Fsp3) is 0.474. The number of aromatic nitrogens is 2. The summed E-state index contributed by atoms with van der Waals surface area (Å²) in [4.78, 5) is 12.6. The molecule has 0 radical (unpaired) electrons. The van der Waals surface area contributed by atoms with Gasteiger partial charge in [-0.3, -0.25) is 4.79 Å². The van der Waals surface area contributed by atoms with Gasteiger partial charge in [0.05, 0.1) is 24.9 Å². The molecule has 1 aromatic heterocycles. The van der Waals surface area contributed by atoms with Gasteiger partial charge in [-0.25, -0.2) is 4.68 Å². The maximum absolute atomic E-state index is 12.6. The molecular weight excluding hydrogens is 354 g/mol. The van der Waals surface area contributed by atoms with Crippen LogP contribution in [0, 0.1) is 11.8 Å². The van der Waals surface area contributed by atoms with Gasteiger partial charge in [-0.1, -0.05) is 39.3 Å². The van der Waals surface area contributed by atoms with Gasteiger partial charge in [0.25, 0.3) is 5.91 Å². The van der Waals surface area contributed by atoms with Crippen molar-refractivity contribution in [3.8, 4) is 11.5 Å². The van der Waals surface area contributed by atoms with Crippen LogP contribution in [0.3, 0.4) is 0 Å². The van der Waals surface area contributed by atoms with Crippen molar-refractivity contribution in [1.29, 1.82) is 0 Å². The normalized spacial score (nSPS) is 11.1. The molecule has 1 aromatic carbocycles. The second-order valence-corrected chi connectivity index (χ2v) is 7.35. The molecule has 7 heteroatoms. The fourth-order valence-electron chi connectivity index (χ4n) is 2.36. The lowest BCUT2D eigenvalue weighted by Crippen LogP contribution is -2.17. The zero-order chi connectivity index (χ0) is 19.3. The molecule has 6 nitrogen and oxygen atoms in total. The van der Waals surface area contributed by atoms with E-state index in [0.717, 1.165) is 0 Å². The number of rotatable bonds is 8. The summed E-state index contributed by atoms with van der Waals surface area (Å²) in [5.41, 5.74) is 0.390. The highest BCUT2D eigenvalue weighted by Crippen LogP contribution is 2.37. The first kappa shape index (κ1) is 20.1. The average Bonchev–Trinajstić information content (AvgIpc) is 2.98. The van der Waals surface area contributed by atoms with Gasteiger partial charge in [0.2, 0.25) is 0 Å². The van der Waals surface area contributed by atoms with Crippen LogP contribution in [0.4, 0.5) is 5.82 Å². The third-order valence-corrected chi connectivity index (χ3v) is 3.83. The summed E-state index contributed by atoms with van der Waals surface area (Å²) in [6, 6.07) is 4.97. The quantitative estimate of drug-likeness (QED) is 0.733. The summed E-state index contributed by atoms with van der Waals surface area (Å²) in [6.45, 7) is 9.50. The predicted octanol–water partition coefficient (Wildman–Crippen LogP) is 4.49. The number of methoxy groups -OCH3 is 1. The lowest BCUT2D eigenvalue weighted by molar-refractivity contribution is 0.102. The van der Waals surface area contributed by atoms with Crippen molar-refractivity contribution in [2.45, 2.75) is 34.2 Å². The summed E-state index contributed by atoms with van der Waals surface area (Å²) in [7, 11) is 1.52. The highest BCUT2D eigenvalue weighted by atomic mass is 35.5. The largest absolute Gasteiger partial charge is 0.493 e. The molecule has 0 bridgehead atoms. The van der Waals surface area contributed by atoms with E-state index in [2.05, 4.69) is 24.3 Å². The van der Waals surface area contributed by atoms with Crippen molar-refractivity contribution in [1.82, 2.24) is 9.78 Å². The molecule has 26 heavy (non-hydrogen) atoms. The molecule has 0 spiro atoms. The Morgan fingerprint density at radius 3 is 2.62 bits per heavy atom. The Hall–Kier alpha value is -2.21. The third-order valence-electron chi connectivity index (χ3n) is 3.55. The molecule has 1 heterocycles. The van der Waals surface area contributed by atoms with Crippen LogP contribution >= 0.6 is 11.6 Å². The van der Waals surface area contributed by atoms with E-state index in [1.165, 1.54) is 7.11 Å². The topological polar surface area (TPSA) is 65.4 Å². The smallest absolute Gasteiger partial charge is 0.257 e. The highest BCUT2D eigenvalue weighted by Gasteiger charge is 2.17. The van der Waals surface area contributed by atoms with Crippen molar-refractivity contribution in [3.05, 3.63) is 35.0 Å². The van der Waals surface area contributed by atoms with Crippen LogP contribution in [0.25, 0.3) is 0 Å². The first-order valence-electron chi connectivity index (χ1n) is 8.65. The molecule has 2 rings (SSSR count). The fourth-order valence-corrected chi connectivity index (χ4v) is 2.62. The van der Waals surface area contributed by atoms with E-state index in [9.17, 15) is 4.79 Å². The van der Waals surface area contributed by atoms with Gasteiger partial charge < -0.3 is 14.8 Å². The molecule has 0 aliphatic carbocycles. The maximum atomic E-state index is 12.6. The number of amides is 1. The molecule has 0 aliphatic heterocycles. The van der Waals surface area contributed by atoms with Crippen molar-refractivity contribution >= 4 is 23.3 Å². The van der Waals surface area contributed by atoms with Crippen molar-refractivity contribution < 1.29 is 14.3 Å². The summed E-state index contributed by atoms with van der Waals surface area (Å²) < 4.78 is 12.8.